The van der Waals surface area contributed by atoms with Crippen LogP contribution in [0.1, 0.15) is 31.2 Å². The highest BCUT2D eigenvalue weighted by molar-refractivity contribution is 6.32. The van der Waals surface area contributed by atoms with Crippen molar-refractivity contribution < 1.29 is 4.74 Å². The van der Waals surface area contributed by atoms with Crippen LogP contribution in [0.3, 0.4) is 0 Å². The van der Waals surface area contributed by atoms with Crippen molar-refractivity contribution in [3.8, 4) is 5.75 Å². The van der Waals surface area contributed by atoms with Gasteiger partial charge in [0.2, 0.25) is 0 Å². The Hall–Kier alpha value is -0.770. The molecule has 0 radical (unpaired) electrons. The first kappa shape index (κ1) is 14.2. The van der Waals surface area contributed by atoms with Crippen molar-refractivity contribution in [1.29, 1.82) is 0 Å². The Kier molecular flexibility index (Phi) is 4.49. The molecule has 1 aliphatic carbocycles. The number of hydrogen-bond acceptors (Lipinski definition) is 3. The number of rotatable bonds is 5. The van der Waals surface area contributed by atoms with Gasteiger partial charge < -0.3 is 10.5 Å². The first-order valence-electron chi connectivity index (χ1n) is 7.60. The van der Waals surface area contributed by atoms with Crippen LogP contribution in [-0.2, 0) is 6.54 Å². The lowest BCUT2D eigenvalue weighted by Crippen LogP contribution is -2.39. The molecular weight excluding hydrogens is 272 g/mol. The molecule has 1 saturated heterocycles. The quantitative estimate of drug-likeness (QED) is 0.907. The molecule has 1 saturated carbocycles. The van der Waals surface area contributed by atoms with Crippen LogP contribution in [0.15, 0.2) is 18.2 Å². The van der Waals surface area contributed by atoms with Gasteiger partial charge in [0.15, 0.2) is 0 Å². The molecule has 0 bridgehead atoms. The summed E-state index contributed by atoms with van der Waals surface area (Å²) in [6.45, 7) is 3.93. The van der Waals surface area contributed by atoms with E-state index in [0.717, 1.165) is 55.8 Å². The van der Waals surface area contributed by atoms with Gasteiger partial charge in [-0.15, -0.1) is 0 Å². The topological polar surface area (TPSA) is 38.5 Å². The van der Waals surface area contributed by atoms with Crippen LogP contribution < -0.4 is 10.5 Å². The van der Waals surface area contributed by atoms with Gasteiger partial charge in [-0.3, -0.25) is 4.90 Å². The summed E-state index contributed by atoms with van der Waals surface area (Å²) in [6, 6.07) is 6.56. The van der Waals surface area contributed by atoms with Crippen LogP contribution in [0.4, 0.5) is 0 Å². The molecule has 2 fully saturated rings. The minimum atomic E-state index is 0.382. The monoisotopic (exact) mass is 294 g/mol. The first-order valence-corrected chi connectivity index (χ1v) is 7.97. The van der Waals surface area contributed by atoms with Gasteiger partial charge in [-0.05, 0) is 62.4 Å². The summed E-state index contributed by atoms with van der Waals surface area (Å²) in [5.41, 5.74) is 7.19. The second kappa shape index (κ2) is 6.33. The molecule has 0 aromatic heterocycles. The Labute approximate surface area is 126 Å². The number of hydrogen-bond donors (Lipinski definition) is 1. The predicted octanol–water partition coefficient (Wildman–Crippen LogP) is 3.05. The number of benzene rings is 1. The van der Waals surface area contributed by atoms with Gasteiger partial charge in [-0.2, -0.15) is 0 Å². The van der Waals surface area contributed by atoms with Crippen LogP contribution in [0, 0.1) is 5.92 Å². The number of nitrogens with zero attached hydrogens (tertiary/aromatic N) is 1. The van der Waals surface area contributed by atoms with Crippen LogP contribution in [0.5, 0.6) is 5.75 Å². The third-order valence-corrected chi connectivity index (χ3v) is 4.50. The Morgan fingerprint density at radius 2 is 1.95 bits per heavy atom. The minimum absolute atomic E-state index is 0.382. The molecule has 1 heterocycles. The average molecular weight is 295 g/mol. The van der Waals surface area contributed by atoms with Crippen molar-refractivity contribution in [2.45, 2.75) is 38.3 Å². The third kappa shape index (κ3) is 3.87. The highest BCUT2D eigenvalue weighted by Gasteiger charge is 2.22. The Morgan fingerprint density at radius 1 is 1.20 bits per heavy atom. The van der Waals surface area contributed by atoms with E-state index in [2.05, 4.69) is 11.0 Å². The molecule has 1 aromatic carbocycles. The predicted molar refractivity (Wildman–Crippen MR) is 82.2 cm³/mol. The Balaban J connectivity index is 1.55. The summed E-state index contributed by atoms with van der Waals surface area (Å²) in [4.78, 5) is 2.44. The van der Waals surface area contributed by atoms with Gasteiger partial charge in [0, 0.05) is 12.6 Å². The molecule has 3 rings (SSSR count). The highest BCUT2D eigenvalue weighted by Crippen LogP contribution is 2.32. The molecule has 2 aliphatic rings. The van der Waals surface area contributed by atoms with E-state index in [9.17, 15) is 0 Å². The van der Waals surface area contributed by atoms with E-state index in [1.165, 1.54) is 18.4 Å². The number of piperidine rings is 1. The van der Waals surface area contributed by atoms with E-state index < -0.39 is 0 Å². The maximum Gasteiger partial charge on any atom is 0.137 e. The van der Waals surface area contributed by atoms with Gasteiger partial charge >= 0.3 is 0 Å². The Bertz CT molecular complexity index is 454. The van der Waals surface area contributed by atoms with Crippen molar-refractivity contribution in [3.05, 3.63) is 28.8 Å². The third-order valence-electron chi connectivity index (χ3n) is 4.21. The van der Waals surface area contributed by atoms with Crippen molar-refractivity contribution in [2.75, 3.05) is 19.7 Å². The molecule has 1 aliphatic heterocycles. The smallest absolute Gasteiger partial charge is 0.137 e. The Morgan fingerprint density at radius 3 is 2.60 bits per heavy atom. The van der Waals surface area contributed by atoms with Gasteiger partial charge in [0.05, 0.1) is 11.6 Å². The lowest BCUT2D eigenvalue weighted by molar-refractivity contribution is 0.205. The van der Waals surface area contributed by atoms with Crippen molar-refractivity contribution in [3.63, 3.8) is 0 Å². The molecule has 110 valence electrons. The maximum absolute atomic E-state index is 6.31. The van der Waals surface area contributed by atoms with Crippen LogP contribution in [0.25, 0.3) is 0 Å². The molecule has 0 unspecified atom stereocenters. The summed E-state index contributed by atoms with van der Waals surface area (Å²) in [5, 5.41) is 0.733. The fourth-order valence-electron chi connectivity index (χ4n) is 2.62. The highest BCUT2D eigenvalue weighted by atomic mass is 35.5. The zero-order chi connectivity index (χ0) is 13.9. The largest absolute Gasteiger partial charge is 0.492 e. The normalized spacial score (nSPS) is 21.1. The average Bonchev–Trinajstić information content (AvgIpc) is 3.25. The molecule has 1 aromatic rings. The van der Waals surface area contributed by atoms with Gasteiger partial charge in [0.1, 0.15) is 5.75 Å². The van der Waals surface area contributed by atoms with Gasteiger partial charge in [0.25, 0.3) is 0 Å². The van der Waals surface area contributed by atoms with Crippen molar-refractivity contribution >= 4 is 11.6 Å². The number of likely N-dealkylation sites (tertiary alicyclic amines) is 1. The SMILES string of the molecule is NC1CCN(Cc2ccc(OCC3CC3)c(Cl)c2)CC1. The lowest BCUT2D eigenvalue weighted by atomic mass is 10.1. The van der Waals surface area contributed by atoms with E-state index in [1.807, 2.05) is 12.1 Å². The van der Waals surface area contributed by atoms with Crippen LogP contribution >= 0.6 is 11.6 Å². The second-order valence-electron chi connectivity index (χ2n) is 6.13. The lowest BCUT2D eigenvalue weighted by Gasteiger charge is -2.30. The summed E-state index contributed by atoms with van der Waals surface area (Å²) in [6.07, 6.45) is 4.78. The molecule has 20 heavy (non-hydrogen) atoms. The van der Waals surface area contributed by atoms with E-state index in [4.69, 9.17) is 22.1 Å². The van der Waals surface area contributed by atoms with E-state index >= 15 is 0 Å². The summed E-state index contributed by atoms with van der Waals surface area (Å²) < 4.78 is 5.76. The first-order chi connectivity index (χ1) is 9.70. The molecule has 0 amide bonds. The summed E-state index contributed by atoms with van der Waals surface area (Å²) in [5.74, 6) is 1.58. The van der Waals surface area contributed by atoms with Crippen LogP contribution in [-0.4, -0.2) is 30.6 Å². The fraction of sp³-hybridized carbons (Fsp3) is 0.625. The molecule has 0 spiro atoms. The van der Waals surface area contributed by atoms with E-state index in [-0.39, 0.29) is 0 Å². The second-order valence-corrected chi connectivity index (χ2v) is 6.54. The molecular formula is C16H23ClN2O. The van der Waals surface area contributed by atoms with Crippen LogP contribution in [0.2, 0.25) is 5.02 Å². The maximum atomic E-state index is 6.31. The van der Waals surface area contributed by atoms with Gasteiger partial charge in [-0.1, -0.05) is 17.7 Å². The zero-order valence-corrected chi connectivity index (χ0v) is 12.6. The zero-order valence-electron chi connectivity index (χ0n) is 11.9. The van der Waals surface area contributed by atoms with E-state index in [0.29, 0.717) is 6.04 Å². The number of halogens is 1. The van der Waals surface area contributed by atoms with E-state index in [1.54, 1.807) is 0 Å². The minimum Gasteiger partial charge on any atom is -0.492 e. The standard InChI is InChI=1S/C16H23ClN2O/c17-15-9-13(10-19-7-5-14(18)6-8-19)3-4-16(15)20-11-12-1-2-12/h3-4,9,12,14H,1-2,5-8,10-11,18H2. The number of ether oxygens (including phenoxy) is 1. The molecule has 0 atom stereocenters. The molecule has 2 N–H and O–H groups in total. The fourth-order valence-corrected chi connectivity index (χ4v) is 2.88. The molecule has 4 heteroatoms. The molecule has 3 nitrogen and oxygen atoms in total. The number of nitrogens with two attached hydrogens (primary N) is 1. The van der Waals surface area contributed by atoms with Crippen molar-refractivity contribution in [2.24, 2.45) is 11.7 Å². The summed E-state index contributed by atoms with van der Waals surface area (Å²) >= 11 is 6.31. The summed E-state index contributed by atoms with van der Waals surface area (Å²) in [7, 11) is 0. The van der Waals surface area contributed by atoms with Gasteiger partial charge in [-0.25, -0.2) is 0 Å². The van der Waals surface area contributed by atoms with Crippen molar-refractivity contribution in [1.82, 2.24) is 4.90 Å².